The largest absolute Gasteiger partial charge is 0.492 e. The number of rotatable bonds is 7. The van der Waals surface area contributed by atoms with Crippen molar-refractivity contribution in [1.82, 2.24) is 0 Å². The highest BCUT2D eigenvalue weighted by molar-refractivity contribution is 5.93. The van der Waals surface area contributed by atoms with Gasteiger partial charge in [0.25, 0.3) is 5.91 Å². The maximum Gasteiger partial charge on any atom is 0.262 e. The molecule has 7 nitrogen and oxygen atoms in total. The molecule has 1 N–H and O–H groups in total. The van der Waals surface area contributed by atoms with Crippen LogP contribution >= 0.6 is 0 Å². The Balaban J connectivity index is 1.63. The van der Waals surface area contributed by atoms with E-state index in [1.54, 1.807) is 42.5 Å². The number of carbonyl (C=O) groups excluding carboxylic acids is 1. The van der Waals surface area contributed by atoms with Crippen molar-refractivity contribution >= 4 is 22.6 Å². The SMILES string of the molecule is CCOc1ccccc1NC(=O)COc1c(-c2ccco2)oc2ccc(C)cc2c1=O. The zero-order valence-electron chi connectivity index (χ0n) is 17.1. The van der Waals surface area contributed by atoms with Crippen LogP contribution in [0.1, 0.15) is 12.5 Å². The summed E-state index contributed by atoms with van der Waals surface area (Å²) >= 11 is 0. The van der Waals surface area contributed by atoms with E-state index in [-0.39, 0.29) is 16.9 Å². The van der Waals surface area contributed by atoms with Crippen LogP contribution in [0.15, 0.2) is 74.5 Å². The molecule has 0 radical (unpaired) electrons. The number of fused-ring (bicyclic) bond motifs is 1. The summed E-state index contributed by atoms with van der Waals surface area (Å²) in [6.45, 7) is 3.81. The maximum atomic E-state index is 13.1. The standard InChI is InChI=1S/C24H21NO6/c1-3-28-19-8-5-4-7-17(19)25-21(26)14-30-24-22(27)16-13-15(2)10-11-18(16)31-23(24)20-9-6-12-29-20/h4-13H,3,14H2,1-2H3,(H,25,26). The zero-order valence-corrected chi connectivity index (χ0v) is 17.1. The molecule has 0 unspecified atom stereocenters. The van der Waals surface area contributed by atoms with Crippen molar-refractivity contribution in [2.45, 2.75) is 13.8 Å². The summed E-state index contributed by atoms with van der Waals surface area (Å²) in [5, 5.41) is 3.11. The third-order valence-electron chi connectivity index (χ3n) is 4.56. The second-order valence-corrected chi connectivity index (χ2v) is 6.83. The van der Waals surface area contributed by atoms with Crippen LogP contribution in [0, 0.1) is 6.92 Å². The van der Waals surface area contributed by atoms with Gasteiger partial charge in [-0.3, -0.25) is 9.59 Å². The molecule has 0 bridgehead atoms. The van der Waals surface area contributed by atoms with E-state index in [2.05, 4.69) is 5.32 Å². The fourth-order valence-corrected chi connectivity index (χ4v) is 3.17. The van der Waals surface area contributed by atoms with Gasteiger partial charge in [-0.1, -0.05) is 23.8 Å². The van der Waals surface area contributed by atoms with Gasteiger partial charge in [-0.2, -0.15) is 0 Å². The average Bonchev–Trinajstić information content (AvgIpc) is 3.30. The lowest BCUT2D eigenvalue weighted by molar-refractivity contribution is -0.118. The lowest BCUT2D eigenvalue weighted by Crippen LogP contribution is -2.23. The molecule has 2 heterocycles. The average molecular weight is 419 g/mol. The molecule has 4 aromatic rings. The molecule has 2 aromatic carbocycles. The van der Waals surface area contributed by atoms with E-state index in [1.807, 2.05) is 26.0 Å². The zero-order chi connectivity index (χ0) is 21.8. The molecule has 7 heteroatoms. The number of aryl methyl sites for hydroxylation is 1. The number of benzene rings is 2. The molecule has 0 aliphatic carbocycles. The number of para-hydroxylation sites is 2. The van der Waals surface area contributed by atoms with E-state index in [1.165, 1.54) is 6.26 Å². The topological polar surface area (TPSA) is 90.9 Å². The molecule has 158 valence electrons. The second-order valence-electron chi connectivity index (χ2n) is 6.83. The van der Waals surface area contributed by atoms with Crippen LogP contribution in [0.4, 0.5) is 5.69 Å². The lowest BCUT2D eigenvalue weighted by atomic mass is 10.1. The van der Waals surface area contributed by atoms with Gasteiger partial charge in [0.2, 0.25) is 16.9 Å². The molecule has 31 heavy (non-hydrogen) atoms. The Morgan fingerprint density at radius 2 is 1.90 bits per heavy atom. The third-order valence-corrected chi connectivity index (χ3v) is 4.56. The van der Waals surface area contributed by atoms with Crippen LogP contribution < -0.4 is 20.2 Å². The Morgan fingerprint density at radius 3 is 2.68 bits per heavy atom. The summed E-state index contributed by atoms with van der Waals surface area (Å²) < 4.78 is 22.5. The van der Waals surface area contributed by atoms with Crippen molar-refractivity contribution in [3.8, 4) is 23.0 Å². The first-order chi connectivity index (χ1) is 15.1. The normalized spacial score (nSPS) is 10.8. The van der Waals surface area contributed by atoms with Gasteiger partial charge in [0.15, 0.2) is 12.4 Å². The van der Waals surface area contributed by atoms with Gasteiger partial charge in [-0.15, -0.1) is 0 Å². The quantitative estimate of drug-likeness (QED) is 0.464. The van der Waals surface area contributed by atoms with Gasteiger partial charge in [-0.25, -0.2) is 0 Å². The first-order valence-corrected chi connectivity index (χ1v) is 9.82. The van der Waals surface area contributed by atoms with Gasteiger partial charge in [0.1, 0.15) is 11.3 Å². The lowest BCUT2D eigenvalue weighted by Gasteiger charge is -2.13. The van der Waals surface area contributed by atoms with Crippen LogP contribution in [-0.2, 0) is 4.79 Å². The molecular weight excluding hydrogens is 398 g/mol. The number of ether oxygens (including phenoxy) is 2. The molecule has 0 atom stereocenters. The van der Waals surface area contributed by atoms with Crippen LogP contribution in [0.3, 0.4) is 0 Å². The predicted molar refractivity (Wildman–Crippen MR) is 117 cm³/mol. The Labute approximate surface area is 178 Å². The number of nitrogens with one attached hydrogen (secondary N) is 1. The van der Waals surface area contributed by atoms with Crippen LogP contribution in [-0.4, -0.2) is 19.1 Å². The summed E-state index contributed by atoms with van der Waals surface area (Å²) in [6.07, 6.45) is 1.47. The molecule has 0 saturated carbocycles. The van der Waals surface area contributed by atoms with E-state index >= 15 is 0 Å². The van der Waals surface area contributed by atoms with Crippen molar-refractivity contribution in [3.05, 3.63) is 76.6 Å². The first kappa shape index (κ1) is 20.3. The first-order valence-electron chi connectivity index (χ1n) is 9.82. The van der Waals surface area contributed by atoms with E-state index in [9.17, 15) is 9.59 Å². The molecule has 1 amide bonds. The summed E-state index contributed by atoms with van der Waals surface area (Å²) in [5.41, 5.74) is 1.45. The highest BCUT2D eigenvalue weighted by atomic mass is 16.5. The summed E-state index contributed by atoms with van der Waals surface area (Å²) in [4.78, 5) is 25.6. The van der Waals surface area contributed by atoms with Crippen LogP contribution in [0.2, 0.25) is 0 Å². The molecule has 0 saturated heterocycles. The van der Waals surface area contributed by atoms with E-state index in [0.717, 1.165) is 5.56 Å². The molecule has 0 spiro atoms. The van der Waals surface area contributed by atoms with Crippen LogP contribution in [0.25, 0.3) is 22.5 Å². The fraction of sp³-hybridized carbons (Fsp3) is 0.167. The van der Waals surface area contributed by atoms with Crippen molar-refractivity contribution in [3.63, 3.8) is 0 Å². The van der Waals surface area contributed by atoms with E-state index < -0.39 is 12.5 Å². The number of hydrogen-bond acceptors (Lipinski definition) is 6. The van der Waals surface area contributed by atoms with Gasteiger partial charge < -0.3 is 23.6 Å². The minimum Gasteiger partial charge on any atom is -0.492 e. The molecule has 0 aliphatic rings. The fourth-order valence-electron chi connectivity index (χ4n) is 3.17. The van der Waals surface area contributed by atoms with E-state index in [4.69, 9.17) is 18.3 Å². The Kier molecular flexibility index (Phi) is 5.75. The molecule has 4 rings (SSSR count). The smallest absolute Gasteiger partial charge is 0.262 e. The predicted octanol–water partition coefficient (Wildman–Crippen LogP) is 4.78. The Hall–Kier alpha value is -4.00. The van der Waals surface area contributed by atoms with E-state index in [0.29, 0.717) is 34.8 Å². The number of hydrogen-bond donors (Lipinski definition) is 1. The monoisotopic (exact) mass is 419 g/mol. The Bertz CT molecular complexity index is 1270. The second kappa shape index (κ2) is 8.79. The van der Waals surface area contributed by atoms with Gasteiger partial charge in [-0.05, 0) is 50.2 Å². The van der Waals surface area contributed by atoms with Crippen molar-refractivity contribution in [1.29, 1.82) is 0 Å². The number of carbonyl (C=O) groups is 1. The summed E-state index contributed by atoms with van der Waals surface area (Å²) in [6, 6.07) is 15.7. The minimum atomic E-state index is -0.443. The van der Waals surface area contributed by atoms with Crippen molar-refractivity contribution in [2.24, 2.45) is 0 Å². The Morgan fingerprint density at radius 1 is 1.06 bits per heavy atom. The summed E-state index contributed by atoms with van der Waals surface area (Å²) in [7, 11) is 0. The maximum absolute atomic E-state index is 13.1. The van der Waals surface area contributed by atoms with Gasteiger partial charge in [0.05, 0.1) is 23.9 Å². The van der Waals surface area contributed by atoms with Crippen LogP contribution in [0.5, 0.6) is 11.5 Å². The molecule has 2 aromatic heterocycles. The molecule has 0 aliphatic heterocycles. The molecule has 0 fully saturated rings. The highest BCUT2D eigenvalue weighted by Crippen LogP contribution is 2.31. The number of furan rings is 1. The highest BCUT2D eigenvalue weighted by Gasteiger charge is 2.21. The third kappa shape index (κ3) is 4.30. The number of anilines is 1. The minimum absolute atomic E-state index is 0.0821. The number of amides is 1. The van der Waals surface area contributed by atoms with Gasteiger partial charge in [0, 0.05) is 0 Å². The summed E-state index contributed by atoms with van der Waals surface area (Å²) in [5.74, 6) is 0.489. The van der Waals surface area contributed by atoms with Gasteiger partial charge >= 0.3 is 0 Å². The molecular formula is C24H21NO6. The van der Waals surface area contributed by atoms with Crippen molar-refractivity contribution < 1.29 is 23.1 Å². The van der Waals surface area contributed by atoms with Crippen molar-refractivity contribution in [2.75, 3.05) is 18.5 Å².